The van der Waals surface area contributed by atoms with E-state index < -0.39 is 9.84 Å². The van der Waals surface area contributed by atoms with Gasteiger partial charge < -0.3 is 10.9 Å². The second kappa shape index (κ2) is 6.10. The highest BCUT2D eigenvalue weighted by Gasteiger charge is 2.09. The second-order valence-electron chi connectivity index (χ2n) is 3.96. The molecule has 0 aliphatic carbocycles. The number of aryl methyl sites for hydroxylation is 1. The lowest BCUT2D eigenvalue weighted by atomic mass is 10.1. The van der Waals surface area contributed by atoms with Crippen LogP contribution in [0.5, 0.6) is 0 Å². The Bertz CT molecular complexity index is 553. The van der Waals surface area contributed by atoms with Crippen molar-refractivity contribution in [2.24, 2.45) is 10.9 Å². The molecule has 0 aliphatic rings. The third-order valence-corrected chi connectivity index (χ3v) is 4.49. The molecule has 1 aromatic rings. The van der Waals surface area contributed by atoms with Gasteiger partial charge in [-0.1, -0.05) is 11.2 Å². The number of hydrogen-bond donors (Lipinski definition) is 2. The number of sulfone groups is 1. The largest absolute Gasteiger partial charge is 0.409 e. The molecule has 100 valence electrons. The number of benzene rings is 1. The molecule has 0 aromatic heterocycles. The molecule has 0 saturated heterocycles. The van der Waals surface area contributed by atoms with Crippen molar-refractivity contribution in [2.75, 3.05) is 17.8 Å². The van der Waals surface area contributed by atoms with Crippen LogP contribution >= 0.6 is 11.8 Å². The maximum Gasteiger partial charge on any atom is 0.171 e. The smallest absolute Gasteiger partial charge is 0.171 e. The predicted octanol–water partition coefficient (Wildman–Crippen LogP) is 1.23. The van der Waals surface area contributed by atoms with Gasteiger partial charge in [0, 0.05) is 22.5 Å². The van der Waals surface area contributed by atoms with Crippen molar-refractivity contribution in [2.45, 2.75) is 11.8 Å². The van der Waals surface area contributed by atoms with Gasteiger partial charge in [0.15, 0.2) is 5.84 Å². The summed E-state index contributed by atoms with van der Waals surface area (Å²) in [4.78, 5) is 0.814. The van der Waals surface area contributed by atoms with Crippen LogP contribution in [0.1, 0.15) is 11.1 Å². The van der Waals surface area contributed by atoms with Gasteiger partial charge in [-0.05, 0) is 24.6 Å². The summed E-state index contributed by atoms with van der Waals surface area (Å²) in [6.07, 6.45) is 1.20. The Morgan fingerprint density at radius 2 is 2.17 bits per heavy atom. The monoisotopic (exact) mass is 288 g/mol. The molecule has 0 saturated carbocycles. The van der Waals surface area contributed by atoms with E-state index >= 15 is 0 Å². The lowest BCUT2D eigenvalue weighted by Crippen LogP contribution is -2.14. The summed E-state index contributed by atoms with van der Waals surface area (Å²) < 4.78 is 22.1. The minimum Gasteiger partial charge on any atom is -0.409 e. The predicted molar refractivity (Wildman–Crippen MR) is 74.1 cm³/mol. The van der Waals surface area contributed by atoms with Crippen LogP contribution in [0.3, 0.4) is 0 Å². The van der Waals surface area contributed by atoms with Crippen molar-refractivity contribution >= 4 is 27.4 Å². The average molecular weight is 288 g/mol. The first-order chi connectivity index (χ1) is 8.33. The summed E-state index contributed by atoms with van der Waals surface area (Å²) in [5.41, 5.74) is 7.22. The van der Waals surface area contributed by atoms with Gasteiger partial charge in [0.2, 0.25) is 0 Å². The Morgan fingerprint density at radius 3 is 2.72 bits per heavy atom. The molecule has 3 N–H and O–H groups in total. The first kappa shape index (κ1) is 14.8. The Kier molecular flexibility index (Phi) is 5.03. The van der Waals surface area contributed by atoms with E-state index in [0.29, 0.717) is 11.3 Å². The standard InChI is InChI=1S/C11H16N2O3S2/c1-8-3-4-9(11(12)13-14)10(7-8)17-5-6-18(2,15)16/h3-4,7,14H,5-6H2,1-2H3,(H2,12,13). The van der Waals surface area contributed by atoms with Gasteiger partial charge in [-0.25, -0.2) is 8.42 Å². The molecule has 0 bridgehead atoms. The van der Waals surface area contributed by atoms with Crippen molar-refractivity contribution < 1.29 is 13.6 Å². The van der Waals surface area contributed by atoms with Crippen LogP contribution in [-0.4, -0.2) is 37.2 Å². The molecule has 5 nitrogen and oxygen atoms in total. The van der Waals surface area contributed by atoms with E-state index in [1.807, 2.05) is 19.1 Å². The molecule has 0 unspecified atom stereocenters. The summed E-state index contributed by atoms with van der Waals surface area (Å²) in [5.74, 6) is 0.562. The van der Waals surface area contributed by atoms with Crippen LogP contribution in [0.4, 0.5) is 0 Å². The first-order valence-electron chi connectivity index (χ1n) is 5.22. The molecular weight excluding hydrogens is 272 g/mol. The van der Waals surface area contributed by atoms with Gasteiger partial charge in [0.1, 0.15) is 9.84 Å². The number of thioether (sulfide) groups is 1. The fourth-order valence-electron chi connectivity index (χ4n) is 1.32. The van der Waals surface area contributed by atoms with Crippen molar-refractivity contribution in [3.05, 3.63) is 29.3 Å². The van der Waals surface area contributed by atoms with Crippen LogP contribution in [0.25, 0.3) is 0 Å². The number of rotatable bonds is 5. The van der Waals surface area contributed by atoms with E-state index in [1.54, 1.807) is 6.07 Å². The van der Waals surface area contributed by atoms with Crippen LogP contribution < -0.4 is 5.73 Å². The Hall–Kier alpha value is -1.21. The van der Waals surface area contributed by atoms with Crippen LogP contribution in [0, 0.1) is 6.92 Å². The third-order valence-electron chi connectivity index (χ3n) is 2.23. The Morgan fingerprint density at radius 1 is 1.50 bits per heavy atom. The lowest BCUT2D eigenvalue weighted by molar-refractivity contribution is 0.318. The molecule has 0 spiro atoms. The molecule has 0 radical (unpaired) electrons. The van der Waals surface area contributed by atoms with Crippen LogP contribution in [0.2, 0.25) is 0 Å². The highest BCUT2D eigenvalue weighted by molar-refractivity contribution is 8.00. The summed E-state index contributed by atoms with van der Waals surface area (Å²) in [7, 11) is -2.97. The van der Waals surface area contributed by atoms with E-state index in [2.05, 4.69) is 5.16 Å². The van der Waals surface area contributed by atoms with Gasteiger partial charge in [-0.15, -0.1) is 11.8 Å². The van der Waals surface area contributed by atoms with Gasteiger partial charge in [0.05, 0.1) is 5.75 Å². The maximum atomic E-state index is 11.1. The summed E-state index contributed by atoms with van der Waals surface area (Å²) in [6, 6.07) is 5.50. The molecule has 7 heteroatoms. The number of nitrogens with two attached hydrogens (primary N) is 1. The minimum absolute atomic E-state index is 0.0249. The fourth-order valence-corrected chi connectivity index (χ4v) is 3.68. The highest BCUT2D eigenvalue weighted by Crippen LogP contribution is 2.24. The molecule has 0 fully saturated rings. The zero-order chi connectivity index (χ0) is 13.8. The lowest BCUT2D eigenvalue weighted by Gasteiger charge is -2.08. The zero-order valence-corrected chi connectivity index (χ0v) is 11.9. The third kappa shape index (κ3) is 4.58. The fraction of sp³-hybridized carbons (Fsp3) is 0.364. The molecular formula is C11H16N2O3S2. The molecule has 0 aliphatic heterocycles. The van der Waals surface area contributed by atoms with E-state index in [9.17, 15) is 8.42 Å². The van der Waals surface area contributed by atoms with E-state index in [4.69, 9.17) is 10.9 Å². The normalized spacial score (nSPS) is 12.7. The highest BCUT2D eigenvalue weighted by atomic mass is 32.2. The van der Waals surface area contributed by atoms with Crippen molar-refractivity contribution in [3.8, 4) is 0 Å². The van der Waals surface area contributed by atoms with Crippen molar-refractivity contribution in [3.63, 3.8) is 0 Å². The molecule has 1 rings (SSSR count). The molecule has 0 atom stereocenters. The van der Waals surface area contributed by atoms with Gasteiger partial charge in [-0.2, -0.15) is 0 Å². The summed E-state index contributed by atoms with van der Waals surface area (Å²) >= 11 is 1.38. The van der Waals surface area contributed by atoms with Gasteiger partial charge in [0.25, 0.3) is 0 Å². The average Bonchev–Trinajstić information content (AvgIpc) is 2.26. The topological polar surface area (TPSA) is 92.8 Å². The van der Waals surface area contributed by atoms with Crippen molar-refractivity contribution in [1.82, 2.24) is 0 Å². The summed E-state index contributed by atoms with van der Waals surface area (Å²) in [6.45, 7) is 1.93. The van der Waals surface area contributed by atoms with E-state index in [1.165, 1.54) is 18.0 Å². The zero-order valence-electron chi connectivity index (χ0n) is 10.3. The number of nitrogens with zero attached hydrogens (tertiary/aromatic N) is 1. The van der Waals surface area contributed by atoms with Crippen molar-refractivity contribution in [1.29, 1.82) is 0 Å². The Balaban J connectivity index is 2.90. The molecule has 1 aromatic carbocycles. The van der Waals surface area contributed by atoms with E-state index in [-0.39, 0.29) is 11.6 Å². The molecule has 0 amide bonds. The first-order valence-corrected chi connectivity index (χ1v) is 8.27. The summed E-state index contributed by atoms with van der Waals surface area (Å²) in [5, 5.41) is 11.7. The molecule has 18 heavy (non-hydrogen) atoms. The van der Waals surface area contributed by atoms with Crippen LogP contribution in [0.15, 0.2) is 28.3 Å². The number of amidine groups is 1. The van der Waals surface area contributed by atoms with E-state index in [0.717, 1.165) is 10.5 Å². The number of oxime groups is 1. The van der Waals surface area contributed by atoms with Crippen LogP contribution in [-0.2, 0) is 9.84 Å². The minimum atomic E-state index is -2.97. The SMILES string of the molecule is Cc1ccc(C(N)=NO)c(SCCS(C)(=O)=O)c1. The van der Waals surface area contributed by atoms with Gasteiger partial charge >= 0.3 is 0 Å². The maximum absolute atomic E-state index is 11.1. The number of hydrogen-bond acceptors (Lipinski definition) is 5. The quantitative estimate of drug-likeness (QED) is 0.279. The molecule has 0 heterocycles. The van der Waals surface area contributed by atoms with Gasteiger partial charge in [-0.3, -0.25) is 0 Å². The Labute approximate surface area is 111 Å². The second-order valence-corrected chi connectivity index (χ2v) is 7.36.